The summed E-state index contributed by atoms with van der Waals surface area (Å²) in [7, 11) is 0. The van der Waals surface area contributed by atoms with Crippen LogP contribution in [0.1, 0.15) is 20.3 Å². The van der Waals surface area contributed by atoms with Crippen molar-refractivity contribution in [2.75, 3.05) is 16.8 Å². The summed E-state index contributed by atoms with van der Waals surface area (Å²) in [5.74, 6) is 2.49. The first-order chi connectivity index (χ1) is 9.64. The molecular formula is C17H21NS2. The van der Waals surface area contributed by atoms with Gasteiger partial charge >= 0.3 is 0 Å². The van der Waals surface area contributed by atoms with E-state index in [2.05, 4.69) is 72.7 Å². The molecule has 2 aromatic rings. The average Bonchev–Trinajstić information content (AvgIpc) is 2.92. The van der Waals surface area contributed by atoms with E-state index in [4.69, 9.17) is 0 Å². The van der Waals surface area contributed by atoms with Gasteiger partial charge in [-0.05, 0) is 35.1 Å². The summed E-state index contributed by atoms with van der Waals surface area (Å²) in [4.78, 5) is 1.34. The Hall–Kier alpha value is -0.930. The van der Waals surface area contributed by atoms with Gasteiger partial charge in [0.05, 0.1) is 0 Å². The molecule has 3 heteroatoms. The van der Waals surface area contributed by atoms with Crippen molar-refractivity contribution >= 4 is 28.8 Å². The number of hydrogen-bond donors (Lipinski definition) is 1. The highest BCUT2D eigenvalue weighted by atomic mass is 32.2. The van der Waals surface area contributed by atoms with Crippen LogP contribution in [0.15, 0.2) is 41.8 Å². The van der Waals surface area contributed by atoms with E-state index >= 15 is 0 Å². The van der Waals surface area contributed by atoms with Crippen LogP contribution in [0.3, 0.4) is 0 Å². The Morgan fingerprint density at radius 1 is 1.15 bits per heavy atom. The normalized spacial score (nSPS) is 21.6. The fourth-order valence-corrected chi connectivity index (χ4v) is 4.87. The lowest BCUT2D eigenvalue weighted by Gasteiger charge is -2.35. The van der Waals surface area contributed by atoms with Crippen LogP contribution in [0.2, 0.25) is 0 Å². The molecule has 0 amide bonds. The largest absolute Gasteiger partial charge is 0.381 e. The van der Waals surface area contributed by atoms with Gasteiger partial charge in [-0.2, -0.15) is 11.8 Å². The summed E-state index contributed by atoms with van der Waals surface area (Å²) in [6.45, 7) is 4.75. The zero-order valence-corrected chi connectivity index (χ0v) is 13.7. The van der Waals surface area contributed by atoms with Gasteiger partial charge in [-0.1, -0.05) is 38.1 Å². The molecule has 1 saturated heterocycles. The van der Waals surface area contributed by atoms with Crippen LogP contribution in [0.4, 0.5) is 5.69 Å². The SMILES string of the molecule is CC1(C)CSCC(Nc2ccccc2-c2cccs2)C1. The number of rotatable bonds is 3. The number of anilines is 1. The van der Waals surface area contributed by atoms with E-state index in [1.54, 1.807) is 11.3 Å². The summed E-state index contributed by atoms with van der Waals surface area (Å²) in [6.07, 6.45) is 1.25. The van der Waals surface area contributed by atoms with Gasteiger partial charge in [0.15, 0.2) is 0 Å². The van der Waals surface area contributed by atoms with Gasteiger partial charge in [-0.15, -0.1) is 11.3 Å². The van der Waals surface area contributed by atoms with E-state index < -0.39 is 0 Å². The zero-order chi connectivity index (χ0) is 14.0. The van der Waals surface area contributed by atoms with Crippen LogP contribution in [0.5, 0.6) is 0 Å². The molecule has 0 spiro atoms. The molecular weight excluding hydrogens is 282 g/mol. The minimum atomic E-state index is 0.443. The van der Waals surface area contributed by atoms with E-state index in [1.165, 1.54) is 34.1 Å². The molecule has 0 bridgehead atoms. The first-order valence-corrected chi connectivity index (χ1v) is 9.15. The van der Waals surface area contributed by atoms with Crippen LogP contribution >= 0.6 is 23.1 Å². The number of hydrogen-bond acceptors (Lipinski definition) is 3. The van der Waals surface area contributed by atoms with Crippen molar-refractivity contribution < 1.29 is 0 Å². The van der Waals surface area contributed by atoms with Gasteiger partial charge < -0.3 is 5.32 Å². The lowest BCUT2D eigenvalue weighted by Crippen LogP contribution is -2.35. The van der Waals surface area contributed by atoms with Crippen molar-refractivity contribution in [1.29, 1.82) is 0 Å². The molecule has 1 fully saturated rings. The van der Waals surface area contributed by atoms with Gasteiger partial charge in [-0.25, -0.2) is 0 Å². The van der Waals surface area contributed by atoms with Crippen molar-refractivity contribution in [2.24, 2.45) is 5.41 Å². The number of benzene rings is 1. The zero-order valence-electron chi connectivity index (χ0n) is 12.1. The van der Waals surface area contributed by atoms with E-state index in [0.717, 1.165) is 0 Å². The second-order valence-electron chi connectivity index (χ2n) is 6.25. The van der Waals surface area contributed by atoms with E-state index in [-0.39, 0.29) is 0 Å². The quantitative estimate of drug-likeness (QED) is 0.819. The highest BCUT2D eigenvalue weighted by Crippen LogP contribution is 2.37. The van der Waals surface area contributed by atoms with E-state index in [0.29, 0.717) is 11.5 Å². The maximum atomic E-state index is 3.78. The van der Waals surface area contributed by atoms with Gasteiger partial charge in [0.25, 0.3) is 0 Å². The predicted molar refractivity (Wildman–Crippen MR) is 92.9 cm³/mol. The molecule has 1 aromatic heterocycles. The molecule has 0 saturated carbocycles. The van der Waals surface area contributed by atoms with Gasteiger partial charge in [0, 0.05) is 27.9 Å². The summed E-state index contributed by atoms with van der Waals surface area (Å²) >= 11 is 3.88. The highest BCUT2D eigenvalue weighted by Gasteiger charge is 2.28. The maximum Gasteiger partial charge on any atom is 0.0430 e. The molecule has 106 valence electrons. The summed E-state index contributed by atoms with van der Waals surface area (Å²) in [5, 5.41) is 5.92. The van der Waals surface area contributed by atoms with Crippen LogP contribution < -0.4 is 5.32 Å². The van der Waals surface area contributed by atoms with Crippen molar-refractivity contribution in [3.05, 3.63) is 41.8 Å². The van der Waals surface area contributed by atoms with Crippen LogP contribution in [-0.4, -0.2) is 17.5 Å². The van der Waals surface area contributed by atoms with Crippen molar-refractivity contribution in [3.8, 4) is 10.4 Å². The van der Waals surface area contributed by atoms with E-state index in [1.807, 2.05) is 0 Å². The average molecular weight is 303 g/mol. The standard InChI is InChI=1S/C17H21NS2/c1-17(2)10-13(11-19-12-17)18-15-7-4-3-6-14(15)16-8-5-9-20-16/h3-9,13,18H,10-12H2,1-2H3. The Balaban J connectivity index is 1.81. The molecule has 1 aliphatic heterocycles. The van der Waals surface area contributed by atoms with Crippen molar-refractivity contribution in [1.82, 2.24) is 0 Å². The fraction of sp³-hybridized carbons (Fsp3) is 0.412. The molecule has 1 unspecified atom stereocenters. The lowest BCUT2D eigenvalue weighted by molar-refractivity contribution is 0.358. The minimum absolute atomic E-state index is 0.443. The smallest absolute Gasteiger partial charge is 0.0430 e. The van der Waals surface area contributed by atoms with Crippen LogP contribution in [0.25, 0.3) is 10.4 Å². The second-order valence-corrected chi connectivity index (χ2v) is 8.23. The first-order valence-electron chi connectivity index (χ1n) is 7.11. The van der Waals surface area contributed by atoms with Crippen molar-refractivity contribution in [3.63, 3.8) is 0 Å². The van der Waals surface area contributed by atoms with Crippen LogP contribution in [0, 0.1) is 5.41 Å². The topological polar surface area (TPSA) is 12.0 Å². The van der Waals surface area contributed by atoms with E-state index in [9.17, 15) is 0 Å². The molecule has 3 rings (SSSR count). The summed E-state index contributed by atoms with van der Waals surface area (Å²) < 4.78 is 0. The molecule has 1 aliphatic rings. The van der Waals surface area contributed by atoms with Crippen LogP contribution in [-0.2, 0) is 0 Å². The third-order valence-corrected chi connectivity index (χ3v) is 6.21. The number of thiophene rings is 1. The molecule has 1 nitrogen and oxygen atoms in total. The molecule has 1 N–H and O–H groups in total. The third-order valence-electron chi connectivity index (χ3n) is 3.68. The Morgan fingerprint density at radius 2 is 2.00 bits per heavy atom. The van der Waals surface area contributed by atoms with Gasteiger partial charge in [0.2, 0.25) is 0 Å². The molecule has 1 aromatic carbocycles. The lowest BCUT2D eigenvalue weighted by atomic mass is 9.87. The fourth-order valence-electron chi connectivity index (χ4n) is 2.83. The highest BCUT2D eigenvalue weighted by molar-refractivity contribution is 7.99. The van der Waals surface area contributed by atoms with Crippen molar-refractivity contribution in [2.45, 2.75) is 26.3 Å². The number of thioether (sulfide) groups is 1. The third kappa shape index (κ3) is 3.21. The summed E-state index contributed by atoms with van der Waals surface area (Å²) in [5.41, 5.74) is 3.05. The minimum Gasteiger partial charge on any atom is -0.381 e. The van der Waals surface area contributed by atoms with Gasteiger partial charge in [-0.3, -0.25) is 0 Å². The Morgan fingerprint density at radius 3 is 2.75 bits per heavy atom. The van der Waals surface area contributed by atoms with Gasteiger partial charge in [0.1, 0.15) is 0 Å². The first kappa shape index (κ1) is 14.0. The molecule has 2 heterocycles. The number of para-hydroxylation sites is 1. The predicted octanol–water partition coefficient (Wildman–Crippen LogP) is 5.36. The second kappa shape index (κ2) is 5.82. The Labute approximate surface area is 129 Å². The molecule has 20 heavy (non-hydrogen) atoms. The Bertz CT molecular complexity index is 560. The molecule has 1 atom stereocenters. The molecule has 0 radical (unpaired) electrons. The molecule has 0 aliphatic carbocycles. The Kier molecular flexibility index (Phi) is 4.08. The monoisotopic (exact) mass is 303 g/mol. The summed E-state index contributed by atoms with van der Waals surface area (Å²) in [6, 6.07) is 13.6. The maximum absolute atomic E-state index is 3.78. The number of nitrogens with one attached hydrogen (secondary N) is 1.